The fourth-order valence-electron chi connectivity index (χ4n) is 1.90. The Balaban J connectivity index is 3.56. The van der Waals surface area contributed by atoms with Crippen LogP contribution in [0.5, 0.6) is 0 Å². The molecule has 14 heavy (non-hydrogen) atoms. The molecule has 0 spiro atoms. The second-order valence-corrected chi connectivity index (χ2v) is 4.13. The summed E-state index contributed by atoms with van der Waals surface area (Å²) in [5.74, 6) is 1.67. The molecule has 0 aromatic rings. The molecule has 0 rings (SSSR count). The molecular weight excluding hydrogens is 174 g/mol. The Labute approximate surface area is 89.4 Å². The molecule has 0 aromatic heterocycles. The van der Waals surface area contributed by atoms with Crippen LogP contribution in [0.15, 0.2) is 0 Å². The Kier molecular flexibility index (Phi) is 9.42. The summed E-state index contributed by atoms with van der Waals surface area (Å²) < 4.78 is 5.00. The van der Waals surface area contributed by atoms with Gasteiger partial charge < -0.3 is 10.1 Å². The van der Waals surface area contributed by atoms with E-state index in [1.54, 1.807) is 7.11 Å². The molecule has 2 unspecified atom stereocenters. The van der Waals surface area contributed by atoms with Crippen molar-refractivity contribution in [2.45, 2.75) is 40.0 Å². The lowest BCUT2D eigenvalue weighted by molar-refractivity contribution is 0.194. The topological polar surface area (TPSA) is 21.3 Å². The summed E-state index contributed by atoms with van der Waals surface area (Å²) in [7, 11) is 1.75. The van der Waals surface area contributed by atoms with Crippen molar-refractivity contribution in [3.05, 3.63) is 0 Å². The quantitative estimate of drug-likeness (QED) is 0.579. The van der Waals surface area contributed by atoms with Gasteiger partial charge >= 0.3 is 0 Å². The second-order valence-electron chi connectivity index (χ2n) is 4.13. The maximum Gasteiger partial charge on any atom is 0.0587 e. The predicted molar refractivity (Wildman–Crippen MR) is 62.6 cm³/mol. The van der Waals surface area contributed by atoms with Gasteiger partial charge in [0.1, 0.15) is 0 Å². The fourth-order valence-corrected chi connectivity index (χ4v) is 1.90. The number of rotatable bonds is 9. The lowest BCUT2D eigenvalue weighted by Crippen LogP contribution is -2.29. The van der Waals surface area contributed by atoms with E-state index in [2.05, 4.69) is 26.1 Å². The van der Waals surface area contributed by atoms with Crippen molar-refractivity contribution in [1.82, 2.24) is 5.32 Å². The van der Waals surface area contributed by atoms with Crippen LogP contribution >= 0.6 is 0 Å². The molecule has 0 radical (unpaired) electrons. The van der Waals surface area contributed by atoms with Crippen LogP contribution < -0.4 is 5.32 Å². The molecule has 0 aliphatic rings. The number of nitrogens with one attached hydrogen (secondary N) is 1. The van der Waals surface area contributed by atoms with Crippen LogP contribution in [-0.4, -0.2) is 26.8 Å². The van der Waals surface area contributed by atoms with Gasteiger partial charge in [-0.3, -0.25) is 0 Å². The summed E-state index contributed by atoms with van der Waals surface area (Å²) in [5.41, 5.74) is 0. The van der Waals surface area contributed by atoms with E-state index in [1.807, 2.05) is 0 Å². The largest absolute Gasteiger partial charge is 0.383 e. The summed E-state index contributed by atoms with van der Waals surface area (Å²) in [6, 6.07) is 0. The van der Waals surface area contributed by atoms with Crippen molar-refractivity contribution in [3.8, 4) is 0 Å². The smallest absolute Gasteiger partial charge is 0.0587 e. The van der Waals surface area contributed by atoms with Gasteiger partial charge in [-0.05, 0) is 18.4 Å². The van der Waals surface area contributed by atoms with Gasteiger partial charge in [-0.15, -0.1) is 0 Å². The molecule has 0 bridgehead atoms. The third-order valence-corrected chi connectivity index (χ3v) is 2.96. The summed E-state index contributed by atoms with van der Waals surface area (Å²) in [4.78, 5) is 0. The molecule has 86 valence electrons. The minimum atomic E-state index is 0.818. The van der Waals surface area contributed by atoms with Crippen LogP contribution in [0, 0.1) is 11.8 Å². The number of methoxy groups -OCH3 is 1. The average Bonchev–Trinajstić information content (AvgIpc) is 2.18. The lowest BCUT2D eigenvalue weighted by atomic mass is 9.88. The summed E-state index contributed by atoms with van der Waals surface area (Å²) in [6.07, 6.45) is 3.93. The van der Waals surface area contributed by atoms with Crippen molar-refractivity contribution in [3.63, 3.8) is 0 Å². The Morgan fingerprint density at radius 3 is 2.50 bits per heavy atom. The molecule has 0 aromatic carbocycles. The molecular formula is C12H27NO. The zero-order chi connectivity index (χ0) is 10.8. The SMILES string of the molecule is CCCC(C)C(CC)CNCCOC. The Hall–Kier alpha value is -0.0800. The maximum atomic E-state index is 5.00. The fraction of sp³-hybridized carbons (Fsp3) is 1.00. The summed E-state index contributed by atoms with van der Waals surface area (Å²) >= 11 is 0. The minimum Gasteiger partial charge on any atom is -0.383 e. The first-order valence-corrected chi connectivity index (χ1v) is 5.95. The van der Waals surface area contributed by atoms with Gasteiger partial charge in [-0.2, -0.15) is 0 Å². The molecule has 0 saturated heterocycles. The lowest BCUT2D eigenvalue weighted by Gasteiger charge is -2.22. The highest BCUT2D eigenvalue weighted by atomic mass is 16.5. The van der Waals surface area contributed by atoms with E-state index in [9.17, 15) is 0 Å². The molecule has 2 atom stereocenters. The first-order valence-electron chi connectivity index (χ1n) is 5.95. The Bertz CT molecular complexity index is 117. The van der Waals surface area contributed by atoms with E-state index in [4.69, 9.17) is 4.74 Å². The third-order valence-electron chi connectivity index (χ3n) is 2.96. The van der Waals surface area contributed by atoms with E-state index < -0.39 is 0 Å². The zero-order valence-corrected chi connectivity index (χ0v) is 10.3. The van der Waals surface area contributed by atoms with Crippen LogP contribution in [0.4, 0.5) is 0 Å². The van der Waals surface area contributed by atoms with Gasteiger partial charge in [-0.25, -0.2) is 0 Å². The maximum absolute atomic E-state index is 5.00. The molecule has 0 aliphatic carbocycles. The zero-order valence-electron chi connectivity index (χ0n) is 10.3. The van der Waals surface area contributed by atoms with Crippen molar-refractivity contribution >= 4 is 0 Å². The van der Waals surface area contributed by atoms with Crippen LogP contribution in [0.2, 0.25) is 0 Å². The van der Waals surface area contributed by atoms with Gasteiger partial charge in [0, 0.05) is 13.7 Å². The molecule has 2 heteroatoms. The number of hydrogen-bond donors (Lipinski definition) is 1. The highest BCUT2D eigenvalue weighted by Gasteiger charge is 2.13. The van der Waals surface area contributed by atoms with Gasteiger partial charge in [0.2, 0.25) is 0 Å². The highest BCUT2D eigenvalue weighted by Crippen LogP contribution is 2.19. The molecule has 0 saturated carbocycles. The summed E-state index contributed by atoms with van der Waals surface area (Å²) in [6.45, 7) is 9.86. The molecule has 1 N–H and O–H groups in total. The van der Waals surface area contributed by atoms with E-state index in [0.29, 0.717) is 0 Å². The van der Waals surface area contributed by atoms with E-state index in [-0.39, 0.29) is 0 Å². The Morgan fingerprint density at radius 1 is 1.29 bits per heavy atom. The average molecular weight is 201 g/mol. The van der Waals surface area contributed by atoms with Gasteiger partial charge in [0.15, 0.2) is 0 Å². The molecule has 0 fully saturated rings. The van der Waals surface area contributed by atoms with Crippen LogP contribution in [0.3, 0.4) is 0 Å². The van der Waals surface area contributed by atoms with Crippen LogP contribution in [0.1, 0.15) is 40.0 Å². The molecule has 0 heterocycles. The third kappa shape index (κ3) is 6.39. The van der Waals surface area contributed by atoms with E-state index in [1.165, 1.54) is 19.3 Å². The first-order chi connectivity index (χ1) is 6.76. The molecule has 0 aliphatic heterocycles. The number of hydrogen-bond acceptors (Lipinski definition) is 2. The normalized spacial score (nSPS) is 15.4. The van der Waals surface area contributed by atoms with Gasteiger partial charge in [-0.1, -0.05) is 40.0 Å². The summed E-state index contributed by atoms with van der Waals surface area (Å²) in [5, 5.41) is 3.45. The van der Waals surface area contributed by atoms with E-state index in [0.717, 1.165) is 31.5 Å². The predicted octanol–water partition coefficient (Wildman–Crippen LogP) is 2.68. The first kappa shape index (κ1) is 13.9. The van der Waals surface area contributed by atoms with E-state index >= 15 is 0 Å². The minimum absolute atomic E-state index is 0.818. The van der Waals surface area contributed by atoms with Crippen molar-refractivity contribution in [1.29, 1.82) is 0 Å². The van der Waals surface area contributed by atoms with Gasteiger partial charge in [0.05, 0.1) is 6.61 Å². The molecule has 2 nitrogen and oxygen atoms in total. The van der Waals surface area contributed by atoms with Crippen LogP contribution in [0.25, 0.3) is 0 Å². The highest BCUT2D eigenvalue weighted by molar-refractivity contribution is 4.67. The second kappa shape index (κ2) is 9.47. The van der Waals surface area contributed by atoms with Crippen molar-refractivity contribution in [2.75, 3.05) is 26.8 Å². The van der Waals surface area contributed by atoms with Crippen LogP contribution in [-0.2, 0) is 4.74 Å². The van der Waals surface area contributed by atoms with Crippen molar-refractivity contribution in [2.24, 2.45) is 11.8 Å². The Morgan fingerprint density at radius 2 is 2.00 bits per heavy atom. The molecule has 0 amide bonds. The van der Waals surface area contributed by atoms with Crippen molar-refractivity contribution < 1.29 is 4.74 Å². The standard InChI is InChI=1S/C12H27NO/c1-5-7-11(3)12(6-2)10-13-8-9-14-4/h11-13H,5-10H2,1-4H3. The van der Waals surface area contributed by atoms with Gasteiger partial charge in [0.25, 0.3) is 0 Å². The number of ether oxygens (including phenoxy) is 1. The monoisotopic (exact) mass is 201 g/mol.